The molecular weight excluding hydrogens is 347 g/mol. The van der Waals surface area contributed by atoms with Crippen LogP contribution in [0, 0.1) is 5.82 Å². The summed E-state index contributed by atoms with van der Waals surface area (Å²) in [6.07, 6.45) is -0.548. The lowest BCUT2D eigenvalue weighted by atomic mass is 9.95. The summed E-state index contributed by atoms with van der Waals surface area (Å²) < 4.78 is 19.5. The zero-order valence-electron chi connectivity index (χ0n) is 10.3. The zero-order chi connectivity index (χ0) is 14.3. The van der Waals surface area contributed by atoms with Gasteiger partial charge in [-0.15, -0.1) is 0 Å². The van der Waals surface area contributed by atoms with Gasteiger partial charge in [0.1, 0.15) is 17.7 Å². The number of benzene rings is 2. The van der Waals surface area contributed by atoms with Crippen molar-refractivity contribution in [3.05, 3.63) is 62.8 Å². The van der Waals surface area contributed by atoms with Crippen molar-refractivity contribution in [2.45, 2.75) is 18.6 Å². The summed E-state index contributed by atoms with van der Waals surface area (Å²) in [6, 6.07) is 9.89. The molecule has 20 heavy (non-hydrogen) atoms. The van der Waals surface area contributed by atoms with Crippen LogP contribution in [0.4, 0.5) is 4.39 Å². The van der Waals surface area contributed by atoms with Gasteiger partial charge in [-0.3, -0.25) is 0 Å². The molecule has 0 saturated carbocycles. The first kappa shape index (κ1) is 13.9. The minimum absolute atomic E-state index is 0.310. The van der Waals surface area contributed by atoms with E-state index in [-0.39, 0.29) is 11.9 Å². The van der Waals surface area contributed by atoms with Crippen molar-refractivity contribution >= 4 is 27.5 Å². The van der Waals surface area contributed by atoms with Crippen molar-refractivity contribution in [3.63, 3.8) is 0 Å². The van der Waals surface area contributed by atoms with Crippen LogP contribution in [0.25, 0.3) is 0 Å². The van der Waals surface area contributed by atoms with Gasteiger partial charge < -0.3 is 9.84 Å². The second-order valence-corrected chi connectivity index (χ2v) is 6.00. The molecule has 104 valence electrons. The standard InChI is InChI=1S/C15H11BrClFO2/c16-11-5-8(1-3-12(11)18)15-7-13(19)10-6-9(17)2-4-14(10)20-15/h1-6,13,15,19H,7H2/t13-,15?/m1/s1. The Hall–Kier alpha value is -1.10. The van der Waals surface area contributed by atoms with Gasteiger partial charge in [0.15, 0.2) is 0 Å². The van der Waals surface area contributed by atoms with Crippen molar-refractivity contribution in [2.24, 2.45) is 0 Å². The van der Waals surface area contributed by atoms with Gasteiger partial charge in [-0.1, -0.05) is 17.7 Å². The highest BCUT2D eigenvalue weighted by Crippen LogP contribution is 2.42. The quantitative estimate of drug-likeness (QED) is 0.794. The van der Waals surface area contributed by atoms with Crippen molar-refractivity contribution in [1.82, 2.24) is 0 Å². The van der Waals surface area contributed by atoms with Gasteiger partial charge in [0.05, 0.1) is 10.6 Å². The topological polar surface area (TPSA) is 29.5 Å². The third-order valence-electron chi connectivity index (χ3n) is 3.35. The molecule has 0 aliphatic carbocycles. The van der Waals surface area contributed by atoms with Gasteiger partial charge in [0.25, 0.3) is 0 Å². The first-order chi connectivity index (χ1) is 9.54. The summed E-state index contributed by atoms with van der Waals surface area (Å²) in [5, 5.41) is 10.8. The monoisotopic (exact) mass is 356 g/mol. The Morgan fingerprint density at radius 3 is 2.80 bits per heavy atom. The fourth-order valence-corrected chi connectivity index (χ4v) is 2.91. The predicted octanol–water partition coefficient (Wildman–Crippen LogP) is 4.80. The lowest BCUT2D eigenvalue weighted by Gasteiger charge is -2.30. The summed E-state index contributed by atoms with van der Waals surface area (Å²) in [6.45, 7) is 0. The molecule has 2 aromatic carbocycles. The highest BCUT2D eigenvalue weighted by atomic mass is 79.9. The number of aliphatic hydroxyl groups excluding tert-OH is 1. The van der Waals surface area contributed by atoms with Gasteiger partial charge in [0.2, 0.25) is 0 Å². The van der Waals surface area contributed by atoms with E-state index in [0.29, 0.717) is 27.2 Å². The number of ether oxygens (including phenoxy) is 1. The van der Waals surface area contributed by atoms with Crippen LogP contribution in [0.2, 0.25) is 5.02 Å². The highest BCUT2D eigenvalue weighted by Gasteiger charge is 2.28. The number of aliphatic hydroxyl groups is 1. The molecule has 0 fully saturated rings. The Morgan fingerprint density at radius 1 is 1.25 bits per heavy atom. The molecule has 0 spiro atoms. The van der Waals surface area contributed by atoms with E-state index in [9.17, 15) is 9.50 Å². The molecule has 0 radical (unpaired) electrons. The van der Waals surface area contributed by atoms with E-state index < -0.39 is 6.10 Å². The number of hydrogen-bond donors (Lipinski definition) is 1. The fraction of sp³-hybridized carbons (Fsp3) is 0.200. The summed E-state index contributed by atoms with van der Waals surface area (Å²) in [5.74, 6) is 0.288. The van der Waals surface area contributed by atoms with Crippen LogP contribution in [-0.4, -0.2) is 5.11 Å². The molecule has 2 aromatic rings. The molecule has 1 aliphatic rings. The van der Waals surface area contributed by atoms with Crippen molar-refractivity contribution in [3.8, 4) is 5.75 Å². The van der Waals surface area contributed by atoms with Crippen LogP contribution < -0.4 is 4.74 Å². The molecule has 2 nitrogen and oxygen atoms in total. The third kappa shape index (κ3) is 2.55. The maximum atomic E-state index is 13.3. The van der Waals surface area contributed by atoms with E-state index in [0.717, 1.165) is 5.56 Å². The lowest BCUT2D eigenvalue weighted by Crippen LogP contribution is -2.19. The molecular formula is C15H11BrClFO2. The lowest BCUT2D eigenvalue weighted by molar-refractivity contribution is 0.0657. The van der Waals surface area contributed by atoms with E-state index in [4.69, 9.17) is 16.3 Å². The van der Waals surface area contributed by atoms with Gasteiger partial charge in [0, 0.05) is 17.0 Å². The molecule has 2 atom stereocenters. The predicted molar refractivity (Wildman–Crippen MR) is 78.5 cm³/mol. The van der Waals surface area contributed by atoms with Gasteiger partial charge >= 0.3 is 0 Å². The summed E-state index contributed by atoms with van der Waals surface area (Å²) in [5.41, 5.74) is 1.51. The smallest absolute Gasteiger partial charge is 0.137 e. The Kier molecular flexibility index (Phi) is 3.71. The van der Waals surface area contributed by atoms with Crippen LogP contribution in [-0.2, 0) is 0 Å². The Bertz CT molecular complexity index is 662. The van der Waals surface area contributed by atoms with E-state index >= 15 is 0 Å². The van der Waals surface area contributed by atoms with Gasteiger partial charge in [-0.2, -0.15) is 0 Å². The molecule has 5 heteroatoms. The van der Waals surface area contributed by atoms with Crippen molar-refractivity contribution in [2.75, 3.05) is 0 Å². The van der Waals surface area contributed by atoms with Gasteiger partial charge in [-0.05, 0) is 51.8 Å². The van der Waals surface area contributed by atoms with Crippen molar-refractivity contribution in [1.29, 1.82) is 0 Å². The van der Waals surface area contributed by atoms with Gasteiger partial charge in [-0.25, -0.2) is 4.39 Å². The average molecular weight is 358 g/mol. The summed E-state index contributed by atoms with van der Waals surface area (Å²) >= 11 is 9.08. The fourth-order valence-electron chi connectivity index (χ4n) is 2.33. The molecule has 0 bridgehead atoms. The Balaban J connectivity index is 1.94. The van der Waals surface area contributed by atoms with Crippen LogP contribution in [0.15, 0.2) is 40.9 Å². The second kappa shape index (κ2) is 5.35. The van der Waals surface area contributed by atoms with E-state index in [1.165, 1.54) is 6.07 Å². The van der Waals surface area contributed by atoms with Crippen molar-refractivity contribution < 1.29 is 14.2 Å². The maximum Gasteiger partial charge on any atom is 0.137 e. The normalized spacial score (nSPS) is 21.2. The highest BCUT2D eigenvalue weighted by molar-refractivity contribution is 9.10. The van der Waals surface area contributed by atoms with Crippen LogP contribution in [0.5, 0.6) is 5.75 Å². The SMILES string of the molecule is O[C@@H]1CC(c2ccc(F)c(Br)c2)Oc2ccc(Cl)cc21. The molecule has 0 saturated heterocycles. The molecule has 3 rings (SSSR count). The summed E-state index contributed by atoms with van der Waals surface area (Å²) in [4.78, 5) is 0. The van der Waals surface area contributed by atoms with Crippen LogP contribution in [0.1, 0.15) is 29.8 Å². The Labute approximate surface area is 129 Å². The molecule has 1 aliphatic heterocycles. The third-order valence-corrected chi connectivity index (χ3v) is 4.20. The van der Waals surface area contributed by atoms with E-state index in [1.54, 1.807) is 30.3 Å². The van der Waals surface area contributed by atoms with E-state index in [2.05, 4.69) is 15.9 Å². The average Bonchev–Trinajstić information content (AvgIpc) is 2.42. The van der Waals surface area contributed by atoms with Crippen LogP contribution in [0.3, 0.4) is 0 Å². The minimum Gasteiger partial charge on any atom is -0.485 e. The number of fused-ring (bicyclic) bond motifs is 1. The first-order valence-electron chi connectivity index (χ1n) is 6.13. The molecule has 0 aromatic heterocycles. The summed E-state index contributed by atoms with van der Waals surface area (Å²) in [7, 11) is 0. The van der Waals surface area contributed by atoms with E-state index in [1.807, 2.05) is 0 Å². The second-order valence-electron chi connectivity index (χ2n) is 4.71. The maximum absolute atomic E-state index is 13.3. The molecule has 1 unspecified atom stereocenters. The molecule has 1 N–H and O–H groups in total. The molecule has 0 amide bonds. The largest absolute Gasteiger partial charge is 0.485 e. The Morgan fingerprint density at radius 2 is 2.05 bits per heavy atom. The number of rotatable bonds is 1. The molecule has 1 heterocycles. The number of hydrogen-bond acceptors (Lipinski definition) is 2. The zero-order valence-corrected chi connectivity index (χ0v) is 12.7. The number of halogens is 3. The minimum atomic E-state index is -0.647. The first-order valence-corrected chi connectivity index (χ1v) is 7.31. The van der Waals surface area contributed by atoms with Crippen LogP contribution >= 0.6 is 27.5 Å².